The Morgan fingerprint density at radius 1 is 0.779 bits per heavy atom. The maximum Gasteiger partial charge on any atom is 0.341 e. The van der Waals surface area contributed by atoms with Gasteiger partial charge in [-0.3, -0.25) is 38.4 Å². The monoisotopic (exact) mass is 1090 g/mol. The van der Waals surface area contributed by atoms with Crippen LogP contribution in [0.5, 0.6) is 5.75 Å². The molecule has 3 aliphatic heterocycles. The lowest BCUT2D eigenvalue weighted by Crippen LogP contribution is -2.64. The van der Waals surface area contributed by atoms with Crippen molar-refractivity contribution in [1.29, 1.82) is 0 Å². The Bertz CT molecular complexity index is 2220. The smallest absolute Gasteiger partial charge is 0.341 e. The molecule has 14 N–H and O–H groups in total. The molecule has 0 radical (unpaired) electrons. The first kappa shape index (κ1) is 63.5. The van der Waals surface area contributed by atoms with Gasteiger partial charge in [0.05, 0.1) is 50.2 Å². The van der Waals surface area contributed by atoms with Gasteiger partial charge in [-0.1, -0.05) is 71.8 Å². The van der Waals surface area contributed by atoms with Crippen molar-refractivity contribution in [3.8, 4) is 5.75 Å². The van der Waals surface area contributed by atoms with Crippen molar-refractivity contribution in [2.24, 2.45) is 17.6 Å². The summed E-state index contributed by atoms with van der Waals surface area (Å²) in [5.41, 5.74) is 5.11. The van der Waals surface area contributed by atoms with E-state index in [1.165, 1.54) is 12.5 Å². The Balaban J connectivity index is 1.68. The summed E-state index contributed by atoms with van der Waals surface area (Å²) in [7, 11) is 1.05. The number of unbranched alkanes of at least 4 members (excludes halogenated alkanes) is 5. The first-order valence-corrected chi connectivity index (χ1v) is 26.7. The fraction of sp³-hybridized carbons (Fsp3) is 0.712. The molecule has 0 spiro atoms. The van der Waals surface area contributed by atoms with Gasteiger partial charge in [0, 0.05) is 45.3 Å². The number of aliphatic hydroxyl groups excluding tert-OH is 6. The zero-order valence-electron chi connectivity index (χ0n) is 44.7. The number of amides is 8. The topological polar surface area (TPSA) is 397 Å². The normalized spacial score (nSPS) is 27.1. The summed E-state index contributed by atoms with van der Waals surface area (Å²) >= 11 is 0. The van der Waals surface area contributed by atoms with Crippen LogP contribution < -0.4 is 32.3 Å². The van der Waals surface area contributed by atoms with Gasteiger partial charge in [-0.25, -0.2) is 4.79 Å². The number of aliphatic hydroxyl groups is 6. The van der Waals surface area contributed by atoms with Crippen LogP contribution in [0.2, 0.25) is 0 Å². The maximum absolute atomic E-state index is 14.5. The van der Waals surface area contributed by atoms with Gasteiger partial charge in [-0.2, -0.15) is 0 Å². The van der Waals surface area contributed by atoms with Crippen LogP contribution in [0.15, 0.2) is 18.2 Å². The third-order valence-corrected chi connectivity index (χ3v) is 14.6. The highest BCUT2D eigenvalue weighted by Gasteiger charge is 2.48. The van der Waals surface area contributed by atoms with Gasteiger partial charge in [-0.05, 0) is 55.7 Å². The molecular weight excluding hydrogens is 1010 g/mol. The summed E-state index contributed by atoms with van der Waals surface area (Å²) in [5, 5.41) is 89.5. The zero-order valence-corrected chi connectivity index (χ0v) is 44.7. The van der Waals surface area contributed by atoms with E-state index in [4.69, 9.17) is 10.5 Å². The minimum Gasteiger partial charge on any atom is -0.507 e. The average Bonchev–Trinajstić information content (AvgIpc) is 3.97. The predicted molar refractivity (Wildman–Crippen MR) is 274 cm³/mol. The molecule has 0 saturated carbocycles. The van der Waals surface area contributed by atoms with Crippen molar-refractivity contribution in [2.45, 2.75) is 197 Å². The molecule has 0 bridgehead atoms. The molecule has 0 aliphatic carbocycles. The summed E-state index contributed by atoms with van der Waals surface area (Å²) in [6.07, 6.45) is -4.57. The lowest BCUT2D eigenvalue weighted by atomic mass is 9.91. The lowest BCUT2D eigenvalue weighted by Gasteiger charge is -2.33. The molecule has 4 rings (SSSR count). The first-order chi connectivity index (χ1) is 36.4. The van der Waals surface area contributed by atoms with Crippen LogP contribution in [0, 0.1) is 11.8 Å². The van der Waals surface area contributed by atoms with E-state index in [9.17, 15) is 78.9 Å². The van der Waals surface area contributed by atoms with Gasteiger partial charge >= 0.3 is 5.97 Å². The van der Waals surface area contributed by atoms with Gasteiger partial charge in [0.25, 0.3) is 0 Å². The number of nitrogens with one attached hydrogen (secondary N) is 5. The molecule has 1 aromatic carbocycles. The number of esters is 1. The second kappa shape index (κ2) is 30.2. The average molecular weight is 1090 g/mol. The number of hydrogen-bond donors (Lipinski definition) is 13. The molecule has 0 aromatic heterocycles. The highest BCUT2D eigenvalue weighted by molar-refractivity contribution is 5.98. The van der Waals surface area contributed by atoms with Crippen LogP contribution in [-0.4, -0.2) is 198 Å². The molecule has 8 amide bonds. The number of benzene rings is 1. The lowest BCUT2D eigenvalue weighted by molar-refractivity contribution is -0.147. The molecule has 14 atom stereocenters. The Kier molecular flexibility index (Phi) is 25.0. The van der Waals surface area contributed by atoms with Crippen molar-refractivity contribution in [3.63, 3.8) is 0 Å². The van der Waals surface area contributed by atoms with Crippen molar-refractivity contribution >= 4 is 53.2 Å². The Labute approximate surface area is 448 Å². The number of carbonyl (C=O) groups is 9. The molecule has 77 heavy (non-hydrogen) atoms. The number of carbonyl (C=O) groups excluding carboxylic acids is 9. The number of methoxy groups -OCH3 is 1. The fourth-order valence-electron chi connectivity index (χ4n) is 10.1. The van der Waals surface area contributed by atoms with E-state index in [0.717, 1.165) is 74.5 Å². The number of nitrogens with zero attached hydrogens (tertiary/aromatic N) is 2. The standard InChI is InChI=1S/C52H82N8O17/c1-6-27(2)19-28(3)13-11-9-7-8-10-12-14-41(69)55-34-22-31(62)25-54-49(73)45-37(65)17-18-59(45)51(75)44(39(67)24-40(53)68)58-48(72)43(38(66)21-30-15-16-36(64)33(20-30)52(76)77-5)57-47(71)35-23-32(63)26-60(35)50(74)42(29(4)61)56-46(34)70/h15-16,20,27-29,31-32,34-35,37-39,42-45,61-67H,6-14,17-19,21-26H2,1-5H3,(H2,53,68)(H,54,73)(H,55,69)(H,56,70)(H,57,71)(H,58,72)/t27?,28?,29-,31-,32-,34-,35+,37+,38+,39+,42+,43+,44+,45+/m1/s1. The minimum atomic E-state index is -2.17. The first-order valence-electron chi connectivity index (χ1n) is 26.7. The van der Waals surface area contributed by atoms with E-state index in [1.54, 1.807) is 0 Å². The number of hydrogen-bond acceptors (Lipinski definition) is 17. The van der Waals surface area contributed by atoms with Crippen LogP contribution in [0.4, 0.5) is 0 Å². The quantitative estimate of drug-likeness (QED) is 0.0452. The summed E-state index contributed by atoms with van der Waals surface area (Å²) in [6.45, 7) is 6.33. The largest absolute Gasteiger partial charge is 0.507 e. The van der Waals surface area contributed by atoms with Crippen LogP contribution >= 0.6 is 0 Å². The van der Waals surface area contributed by atoms with Gasteiger partial charge in [-0.15, -0.1) is 0 Å². The van der Waals surface area contributed by atoms with Gasteiger partial charge in [0.2, 0.25) is 47.3 Å². The van der Waals surface area contributed by atoms with Crippen LogP contribution in [0.25, 0.3) is 0 Å². The number of rotatable bonds is 21. The molecule has 3 fully saturated rings. The maximum atomic E-state index is 14.5. The number of primary amides is 1. The van der Waals surface area contributed by atoms with Crippen molar-refractivity contribution in [3.05, 3.63) is 29.3 Å². The number of phenols is 1. The van der Waals surface area contributed by atoms with E-state index in [-0.39, 0.29) is 30.5 Å². The third kappa shape index (κ3) is 18.6. The molecule has 1 aromatic rings. The highest BCUT2D eigenvalue weighted by Crippen LogP contribution is 2.26. The minimum absolute atomic E-state index is 0.0150. The summed E-state index contributed by atoms with van der Waals surface area (Å²) < 4.78 is 4.70. The molecule has 3 heterocycles. The Morgan fingerprint density at radius 2 is 1.42 bits per heavy atom. The molecule has 2 unspecified atom stereocenters. The number of aromatic hydroxyl groups is 1. The molecule has 3 aliphatic rings. The van der Waals surface area contributed by atoms with Crippen molar-refractivity contribution in [1.82, 2.24) is 36.4 Å². The molecule has 3 saturated heterocycles. The van der Waals surface area contributed by atoms with Crippen LogP contribution in [0.3, 0.4) is 0 Å². The Morgan fingerprint density at radius 3 is 2.06 bits per heavy atom. The number of ether oxygens (including phenoxy) is 1. The molecule has 432 valence electrons. The van der Waals surface area contributed by atoms with E-state index < -0.39 is 171 Å². The highest BCUT2D eigenvalue weighted by atomic mass is 16.5. The van der Waals surface area contributed by atoms with E-state index in [0.29, 0.717) is 24.7 Å². The summed E-state index contributed by atoms with van der Waals surface area (Å²) in [5.74, 6) is -8.94. The third-order valence-electron chi connectivity index (χ3n) is 14.6. The van der Waals surface area contributed by atoms with Gasteiger partial charge < -0.3 is 82.6 Å². The predicted octanol–water partition coefficient (Wildman–Crippen LogP) is -2.36. The van der Waals surface area contributed by atoms with Gasteiger partial charge in [0.1, 0.15) is 47.6 Å². The zero-order chi connectivity index (χ0) is 57.3. The summed E-state index contributed by atoms with van der Waals surface area (Å²) in [4.78, 5) is 125. The molecular formula is C52H82N8O17. The number of nitrogens with two attached hydrogens (primary N) is 1. The van der Waals surface area contributed by atoms with Crippen molar-refractivity contribution in [2.75, 3.05) is 26.7 Å². The second-order valence-corrected chi connectivity index (χ2v) is 21.0. The van der Waals surface area contributed by atoms with E-state index in [1.807, 2.05) is 0 Å². The van der Waals surface area contributed by atoms with Crippen LogP contribution in [-0.2, 0) is 49.5 Å². The summed E-state index contributed by atoms with van der Waals surface area (Å²) in [6, 6.07) is -7.72. The van der Waals surface area contributed by atoms with Crippen molar-refractivity contribution < 1.29 is 83.6 Å². The Hall–Kier alpha value is -5.99. The number of fused-ring (bicyclic) bond motifs is 2. The van der Waals surface area contributed by atoms with E-state index in [2.05, 4.69) is 47.4 Å². The van der Waals surface area contributed by atoms with Crippen LogP contribution in [0.1, 0.15) is 134 Å². The fourth-order valence-corrected chi connectivity index (χ4v) is 10.1. The molecule has 25 nitrogen and oxygen atoms in total. The SMILES string of the molecule is CCC(C)CC(C)CCCCCCCCC(=O)N[C@@H]1C[C@@H](O)CNC(=O)[C@@H]2[C@@H](O)CCN2C(=O)[C@H]([C@@H](O)CC(N)=O)NC(=O)[C@H]([C@@H](O)Cc2ccc(O)c(C(=O)OC)c2)NC(=O)[C@@H]2C[C@@H](O)CN2C(=O)[C@H]([C@@H](C)O)NC1=O. The number of β-amino-alcohol motifs (C(OH)–C–C–N with tert-alkyl or cyclic N) is 1. The second-order valence-electron chi connectivity index (χ2n) is 21.0. The van der Waals surface area contributed by atoms with Gasteiger partial charge in [0.15, 0.2) is 0 Å². The van der Waals surface area contributed by atoms with E-state index >= 15 is 0 Å². The molecule has 25 heteroatoms. The number of phenolic OH excluding ortho intramolecular Hbond substituents is 1.